The second-order valence-corrected chi connectivity index (χ2v) is 7.71. The van der Waals surface area contributed by atoms with Gasteiger partial charge >= 0.3 is 0 Å². The Morgan fingerprint density at radius 1 is 1.43 bits per heavy atom. The van der Waals surface area contributed by atoms with Gasteiger partial charge in [0.05, 0.1) is 4.90 Å². The number of hydrogen-bond acceptors (Lipinski definition) is 4. The number of sulfonamides is 1. The first-order chi connectivity index (χ1) is 9.92. The fourth-order valence-corrected chi connectivity index (χ4v) is 3.83. The molecule has 1 atom stereocenters. The van der Waals surface area contributed by atoms with E-state index in [1.54, 1.807) is 18.2 Å². The van der Waals surface area contributed by atoms with Crippen molar-refractivity contribution < 1.29 is 8.42 Å². The van der Waals surface area contributed by atoms with Gasteiger partial charge in [-0.3, -0.25) is 0 Å². The van der Waals surface area contributed by atoms with Gasteiger partial charge in [0, 0.05) is 25.7 Å². The Balaban J connectivity index is 1.95. The molecule has 0 aromatic heterocycles. The highest BCUT2D eigenvalue weighted by atomic mass is 32.2. The first kappa shape index (κ1) is 16.4. The number of rotatable bonds is 6. The summed E-state index contributed by atoms with van der Waals surface area (Å²) in [5.74, 6) is 0.389. The van der Waals surface area contributed by atoms with Crippen LogP contribution >= 0.6 is 0 Å². The second-order valence-electron chi connectivity index (χ2n) is 5.95. The van der Waals surface area contributed by atoms with Crippen LogP contribution in [0.5, 0.6) is 0 Å². The molecule has 6 heteroatoms. The zero-order valence-electron chi connectivity index (χ0n) is 12.7. The monoisotopic (exact) mass is 311 g/mol. The SMILES string of the molecule is CC(C)N1CCC(CNS(=O)(=O)c2cccc(CN)c2)C1. The van der Waals surface area contributed by atoms with Gasteiger partial charge in [-0.15, -0.1) is 0 Å². The first-order valence-corrected chi connectivity index (χ1v) is 8.93. The third kappa shape index (κ3) is 4.26. The molecule has 0 amide bonds. The minimum absolute atomic E-state index is 0.296. The van der Waals surface area contributed by atoms with Crippen molar-refractivity contribution in [1.82, 2.24) is 9.62 Å². The maximum Gasteiger partial charge on any atom is 0.240 e. The van der Waals surface area contributed by atoms with E-state index in [0.29, 0.717) is 29.9 Å². The van der Waals surface area contributed by atoms with E-state index < -0.39 is 10.0 Å². The summed E-state index contributed by atoms with van der Waals surface area (Å²) in [5, 5.41) is 0. The van der Waals surface area contributed by atoms with Crippen molar-refractivity contribution in [2.24, 2.45) is 11.7 Å². The highest BCUT2D eigenvalue weighted by molar-refractivity contribution is 7.89. The van der Waals surface area contributed by atoms with Crippen molar-refractivity contribution in [3.8, 4) is 0 Å². The standard InChI is InChI=1S/C15H25N3O2S/c1-12(2)18-7-6-14(11-18)10-17-21(19,20)15-5-3-4-13(8-15)9-16/h3-5,8,12,14,17H,6-7,9-11,16H2,1-2H3. The Kier molecular flexibility index (Phi) is 5.37. The molecule has 0 radical (unpaired) electrons. The number of benzene rings is 1. The zero-order chi connectivity index (χ0) is 15.5. The molecule has 1 aromatic rings. The van der Waals surface area contributed by atoms with Crippen LogP contribution < -0.4 is 10.5 Å². The van der Waals surface area contributed by atoms with Crippen LogP contribution in [0.3, 0.4) is 0 Å². The smallest absolute Gasteiger partial charge is 0.240 e. The van der Waals surface area contributed by atoms with Gasteiger partial charge in [-0.05, 0) is 50.4 Å². The second kappa shape index (κ2) is 6.87. The molecular formula is C15H25N3O2S. The lowest BCUT2D eigenvalue weighted by Crippen LogP contribution is -2.33. The number of hydrogen-bond donors (Lipinski definition) is 2. The summed E-state index contributed by atoms with van der Waals surface area (Å²) >= 11 is 0. The lowest BCUT2D eigenvalue weighted by atomic mass is 10.1. The molecular weight excluding hydrogens is 286 g/mol. The predicted octanol–water partition coefficient (Wildman–Crippen LogP) is 1.15. The third-order valence-corrected chi connectivity index (χ3v) is 5.48. The van der Waals surface area contributed by atoms with E-state index in [1.807, 2.05) is 6.07 Å². The van der Waals surface area contributed by atoms with Crippen LogP contribution in [0.15, 0.2) is 29.2 Å². The van der Waals surface area contributed by atoms with Gasteiger partial charge in [0.25, 0.3) is 0 Å². The third-order valence-electron chi connectivity index (χ3n) is 4.05. The van der Waals surface area contributed by atoms with Crippen molar-refractivity contribution in [3.05, 3.63) is 29.8 Å². The fourth-order valence-electron chi connectivity index (χ4n) is 2.65. The van der Waals surface area contributed by atoms with Crippen LogP contribution in [0.4, 0.5) is 0 Å². The Bertz CT molecular complexity index is 572. The first-order valence-electron chi connectivity index (χ1n) is 7.45. The van der Waals surface area contributed by atoms with Gasteiger partial charge in [0.1, 0.15) is 0 Å². The van der Waals surface area contributed by atoms with Crippen molar-refractivity contribution in [1.29, 1.82) is 0 Å². The van der Waals surface area contributed by atoms with E-state index in [-0.39, 0.29) is 0 Å². The van der Waals surface area contributed by atoms with Crippen LogP contribution in [0.2, 0.25) is 0 Å². The highest BCUT2D eigenvalue weighted by Crippen LogP contribution is 2.19. The summed E-state index contributed by atoms with van der Waals surface area (Å²) in [4.78, 5) is 2.68. The maximum atomic E-state index is 12.3. The van der Waals surface area contributed by atoms with E-state index in [2.05, 4.69) is 23.5 Å². The van der Waals surface area contributed by atoms with E-state index in [4.69, 9.17) is 5.73 Å². The summed E-state index contributed by atoms with van der Waals surface area (Å²) in [6.45, 7) is 7.19. The maximum absolute atomic E-state index is 12.3. The largest absolute Gasteiger partial charge is 0.326 e. The average molecular weight is 311 g/mol. The van der Waals surface area contributed by atoms with Gasteiger partial charge in [-0.2, -0.15) is 0 Å². The van der Waals surface area contributed by atoms with E-state index in [0.717, 1.165) is 25.1 Å². The van der Waals surface area contributed by atoms with Crippen LogP contribution in [0.1, 0.15) is 25.8 Å². The molecule has 2 rings (SSSR count). The molecule has 0 spiro atoms. The van der Waals surface area contributed by atoms with Crippen LogP contribution in [0, 0.1) is 5.92 Å². The summed E-state index contributed by atoms with van der Waals surface area (Å²) in [6.07, 6.45) is 1.05. The normalized spacial score (nSPS) is 20.3. The Morgan fingerprint density at radius 3 is 2.81 bits per heavy atom. The van der Waals surface area contributed by atoms with Crippen LogP contribution in [0.25, 0.3) is 0 Å². The van der Waals surface area contributed by atoms with Crippen molar-refractivity contribution in [2.75, 3.05) is 19.6 Å². The van der Waals surface area contributed by atoms with Crippen molar-refractivity contribution in [2.45, 2.75) is 37.8 Å². The van der Waals surface area contributed by atoms with Gasteiger partial charge in [-0.25, -0.2) is 13.1 Å². The number of likely N-dealkylation sites (tertiary alicyclic amines) is 1. The summed E-state index contributed by atoms with van der Waals surface area (Å²) < 4.78 is 27.3. The topological polar surface area (TPSA) is 75.4 Å². The molecule has 1 heterocycles. The molecule has 1 fully saturated rings. The van der Waals surface area contributed by atoms with Gasteiger partial charge in [-0.1, -0.05) is 12.1 Å². The van der Waals surface area contributed by atoms with Gasteiger partial charge in [0.2, 0.25) is 10.0 Å². The van der Waals surface area contributed by atoms with Crippen molar-refractivity contribution in [3.63, 3.8) is 0 Å². The summed E-state index contributed by atoms with van der Waals surface area (Å²) in [7, 11) is -3.44. The number of nitrogens with one attached hydrogen (secondary N) is 1. The molecule has 1 aromatic carbocycles. The van der Waals surface area contributed by atoms with Crippen LogP contribution in [-0.4, -0.2) is 39.0 Å². The average Bonchev–Trinajstić information content (AvgIpc) is 2.94. The minimum Gasteiger partial charge on any atom is -0.326 e. The fraction of sp³-hybridized carbons (Fsp3) is 0.600. The Labute approximate surface area is 127 Å². The molecule has 118 valence electrons. The number of nitrogens with zero attached hydrogens (tertiary/aromatic N) is 1. The molecule has 21 heavy (non-hydrogen) atoms. The Morgan fingerprint density at radius 2 is 2.19 bits per heavy atom. The molecule has 0 saturated carbocycles. The minimum atomic E-state index is -3.44. The molecule has 1 aliphatic heterocycles. The molecule has 0 aliphatic carbocycles. The zero-order valence-corrected chi connectivity index (χ0v) is 13.6. The van der Waals surface area contributed by atoms with E-state index in [1.165, 1.54) is 0 Å². The molecule has 5 nitrogen and oxygen atoms in total. The Hall–Kier alpha value is -0.950. The molecule has 1 aliphatic rings. The van der Waals surface area contributed by atoms with Gasteiger partial charge < -0.3 is 10.6 Å². The summed E-state index contributed by atoms with van der Waals surface area (Å²) in [5.41, 5.74) is 6.38. The molecule has 3 N–H and O–H groups in total. The van der Waals surface area contributed by atoms with Crippen LogP contribution in [-0.2, 0) is 16.6 Å². The lowest BCUT2D eigenvalue weighted by Gasteiger charge is -2.20. The number of nitrogens with two attached hydrogens (primary N) is 1. The predicted molar refractivity (Wildman–Crippen MR) is 84.3 cm³/mol. The van der Waals surface area contributed by atoms with E-state index >= 15 is 0 Å². The highest BCUT2D eigenvalue weighted by Gasteiger charge is 2.25. The molecule has 0 bridgehead atoms. The lowest BCUT2D eigenvalue weighted by molar-refractivity contribution is 0.265. The van der Waals surface area contributed by atoms with E-state index in [9.17, 15) is 8.42 Å². The molecule has 1 unspecified atom stereocenters. The quantitative estimate of drug-likeness (QED) is 0.826. The van der Waals surface area contributed by atoms with Gasteiger partial charge in [0.15, 0.2) is 0 Å². The van der Waals surface area contributed by atoms with Crippen molar-refractivity contribution >= 4 is 10.0 Å². The summed E-state index contributed by atoms with van der Waals surface area (Å²) in [6, 6.07) is 7.32. The molecule has 1 saturated heterocycles.